The minimum Gasteiger partial charge on any atom is -0.484 e. The molecule has 1 fully saturated rings. The fraction of sp³-hybridized carbons (Fsp3) is 0.278. The highest BCUT2D eigenvalue weighted by molar-refractivity contribution is 6.30. The highest BCUT2D eigenvalue weighted by Crippen LogP contribution is 2.35. The quantitative estimate of drug-likeness (QED) is 0.661. The van der Waals surface area contributed by atoms with E-state index in [0.29, 0.717) is 28.7 Å². The zero-order valence-corrected chi connectivity index (χ0v) is 13.7. The molecule has 0 spiro atoms. The molecule has 1 atom stereocenters. The molecule has 0 bridgehead atoms. The zero-order valence-electron chi connectivity index (χ0n) is 12.9. The molecule has 124 valence electrons. The summed E-state index contributed by atoms with van der Waals surface area (Å²) in [6.45, 7) is 1.62. The molecule has 0 aromatic heterocycles. The summed E-state index contributed by atoms with van der Waals surface area (Å²) in [6.07, 6.45) is 0.427. The van der Waals surface area contributed by atoms with Gasteiger partial charge in [0.2, 0.25) is 0 Å². The van der Waals surface area contributed by atoms with Crippen molar-refractivity contribution in [2.45, 2.75) is 18.6 Å². The van der Waals surface area contributed by atoms with Crippen molar-refractivity contribution in [1.29, 1.82) is 0 Å². The van der Waals surface area contributed by atoms with E-state index in [1.54, 1.807) is 18.2 Å². The Hall–Kier alpha value is -2.24. The minimum absolute atomic E-state index is 0.123. The van der Waals surface area contributed by atoms with Gasteiger partial charge in [0.05, 0.1) is 0 Å². The molecule has 2 aromatic carbocycles. The number of nitrogens with zero attached hydrogens (tertiary/aromatic N) is 1. The molecule has 24 heavy (non-hydrogen) atoms. The highest BCUT2D eigenvalue weighted by Gasteiger charge is 2.31. The minimum atomic E-state index is -0.351. The predicted molar refractivity (Wildman–Crippen MR) is 91.6 cm³/mol. The Bertz CT molecular complexity index is 790. The summed E-state index contributed by atoms with van der Waals surface area (Å²) in [4.78, 5) is 0. The van der Waals surface area contributed by atoms with E-state index in [1.807, 2.05) is 24.3 Å². The summed E-state index contributed by atoms with van der Waals surface area (Å²) in [5.41, 5.74) is 2.57. The first-order valence-electron chi connectivity index (χ1n) is 7.88. The van der Waals surface area contributed by atoms with E-state index in [1.165, 1.54) is 0 Å². The van der Waals surface area contributed by atoms with Gasteiger partial charge in [0.25, 0.3) is 0 Å². The number of oxime groups is 1. The van der Waals surface area contributed by atoms with Gasteiger partial charge in [-0.1, -0.05) is 41.0 Å². The molecular weight excluding hydrogens is 328 g/mol. The maximum Gasteiger partial charge on any atom is 0.163 e. The molecule has 6 heteroatoms. The second-order valence-electron chi connectivity index (χ2n) is 5.94. The van der Waals surface area contributed by atoms with Crippen molar-refractivity contribution in [2.75, 3.05) is 13.1 Å². The van der Waals surface area contributed by atoms with Gasteiger partial charge < -0.3 is 20.0 Å². The average molecular weight is 345 g/mol. The number of fused-ring (bicyclic) bond motifs is 1. The molecule has 0 radical (unpaired) electrons. The van der Waals surface area contributed by atoms with Gasteiger partial charge in [-0.2, -0.15) is 0 Å². The second kappa shape index (κ2) is 6.34. The molecule has 0 saturated carbocycles. The lowest BCUT2D eigenvalue weighted by Crippen LogP contribution is -2.50. The number of ether oxygens (including phenoxy) is 2. The van der Waals surface area contributed by atoms with Crippen LogP contribution < -0.4 is 14.8 Å². The van der Waals surface area contributed by atoms with Crippen molar-refractivity contribution in [3.05, 3.63) is 58.6 Å². The van der Waals surface area contributed by atoms with Crippen LogP contribution in [0.5, 0.6) is 11.5 Å². The Kier molecular flexibility index (Phi) is 4.04. The smallest absolute Gasteiger partial charge is 0.163 e. The van der Waals surface area contributed by atoms with E-state index >= 15 is 0 Å². The Labute approximate surface area is 144 Å². The van der Waals surface area contributed by atoms with Crippen LogP contribution in [0.25, 0.3) is 0 Å². The molecule has 2 aromatic rings. The number of nitrogens with one attached hydrogen (secondary N) is 1. The summed E-state index contributed by atoms with van der Waals surface area (Å²) in [5.74, 6) is 1.22. The molecule has 4 rings (SSSR count). The number of rotatable bonds is 4. The van der Waals surface area contributed by atoms with Gasteiger partial charge >= 0.3 is 0 Å². The van der Waals surface area contributed by atoms with E-state index in [9.17, 15) is 5.21 Å². The van der Waals surface area contributed by atoms with E-state index in [4.69, 9.17) is 21.1 Å². The lowest BCUT2D eigenvalue weighted by molar-refractivity contribution is 0.133. The molecule has 1 unspecified atom stereocenters. The first-order chi connectivity index (χ1) is 11.7. The second-order valence-corrected chi connectivity index (χ2v) is 6.38. The molecule has 2 aliphatic rings. The van der Waals surface area contributed by atoms with Crippen molar-refractivity contribution >= 4 is 17.3 Å². The Balaban J connectivity index is 1.59. The fourth-order valence-electron chi connectivity index (χ4n) is 2.98. The van der Waals surface area contributed by atoms with Crippen molar-refractivity contribution < 1.29 is 14.7 Å². The van der Waals surface area contributed by atoms with Crippen molar-refractivity contribution in [1.82, 2.24) is 5.32 Å². The largest absolute Gasteiger partial charge is 0.484 e. The summed E-state index contributed by atoms with van der Waals surface area (Å²) < 4.78 is 12.1. The number of hydrogen-bond acceptors (Lipinski definition) is 5. The summed E-state index contributed by atoms with van der Waals surface area (Å²) in [7, 11) is 0. The van der Waals surface area contributed by atoms with Crippen LogP contribution in [0, 0.1) is 0 Å². The third kappa shape index (κ3) is 2.81. The molecule has 1 aliphatic heterocycles. The van der Waals surface area contributed by atoms with E-state index in [0.717, 1.165) is 24.2 Å². The van der Waals surface area contributed by atoms with Crippen LogP contribution in [0.15, 0.2) is 47.6 Å². The third-order valence-corrected chi connectivity index (χ3v) is 4.56. The van der Waals surface area contributed by atoms with Gasteiger partial charge in [-0.05, 0) is 17.7 Å². The van der Waals surface area contributed by atoms with E-state index in [-0.39, 0.29) is 12.2 Å². The van der Waals surface area contributed by atoms with Crippen LogP contribution in [-0.2, 0) is 6.42 Å². The van der Waals surface area contributed by atoms with Gasteiger partial charge in [0, 0.05) is 36.2 Å². The zero-order chi connectivity index (χ0) is 16.5. The SMILES string of the molecule is O/N=C1\c2ccccc2CC1Oc1ccc(Cl)cc1OC1CNC1. The van der Waals surface area contributed by atoms with Crippen LogP contribution in [0.3, 0.4) is 0 Å². The van der Waals surface area contributed by atoms with Crippen molar-refractivity contribution in [3.8, 4) is 11.5 Å². The van der Waals surface area contributed by atoms with Crippen molar-refractivity contribution in [2.24, 2.45) is 5.16 Å². The van der Waals surface area contributed by atoms with Crippen LogP contribution in [0.4, 0.5) is 0 Å². The number of benzene rings is 2. The fourth-order valence-corrected chi connectivity index (χ4v) is 3.15. The Morgan fingerprint density at radius 2 is 1.92 bits per heavy atom. The van der Waals surface area contributed by atoms with E-state index < -0.39 is 0 Å². The molecule has 1 heterocycles. The van der Waals surface area contributed by atoms with Crippen LogP contribution in [0.2, 0.25) is 5.02 Å². The van der Waals surface area contributed by atoms with E-state index in [2.05, 4.69) is 10.5 Å². The Morgan fingerprint density at radius 3 is 2.67 bits per heavy atom. The number of hydrogen-bond donors (Lipinski definition) is 2. The molecule has 5 nitrogen and oxygen atoms in total. The summed E-state index contributed by atoms with van der Waals surface area (Å²) in [5, 5.41) is 16.6. The molecule has 0 amide bonds. The van der Waals surface area contributed by atoms with Crippen molar-refractivity contribution in [3.63, 3.8) is 0 Å². The van der Waals surface area contributed by atoms with Gasteiger partial charge in [0.15, 0.2) is 11.5 Å². The lowest BCUT2D eigenvalue weighted by atomic mass is 10.1. The third-order valence-electron chi connectivity index (χ3n) is 4.32. The normalized spacial score (nSPS) is 21.4. The molecule has 2 N–H and O–H groups in total. The average Bonchev–Trinajstić information content (AvgIpc) is 2.90. The van der Waals surface area contributed by atoms with Crippen LogP contribution in [0.1, 0.15) is 11.1 Å². The van der Waals surface area contributed by atoms with Gasteiger partial charge in [-0.15, -0.1) is 0 Å². The first-order valence-corrected chi connectivity index (χ1v) is 8.26. The standard InChI is InChI=1S/C18H17ClN2O3/c19-12-5-6-15(16(8-12)23-13-9-20-10-13)24-17-7-11-3-1-2-4-14(11)18(17)21-22/h1-6,8,13,17,20,22H,7,9-10H2/b21-18+. The topological polar surface area (TPSA) is 63.1 Å². The van der Waals surface area contributed by atoms with Crippen LogP contribution in [-0.4, -0.2) is 36.2 Å². The summed E-state index contributed by atoms with van der Waals surface area (Å²) in [6, 6.07) is 13.2. The van der Waals surface area contributed by atoms with Crippen LogP contribution >= 0.6 is 11.6 Å². The molecule has 1 aliphatic carbocycles. The molecule has 1 saturated heterocycles. The lowest BCUT2D eigenvalue weighted by Gasteiger charge is -2.29. The Morgan fingerprint density at radius 1 is 1.08 bits per heavy atom. The van der Waals surface area contributed by atoms with Gasteiger partial charge in [-0.25, -0.2) is 0 Å². The first kappa shape index (κ1) is 15.3. The molecular formula is C18H17ClN2O3. The summed E-state index contributed by atoms with van der Waals surface area (Å²) >= 11 is 6.09. The predicted octanol–water partition coefficient (Wildman–Crippen LogP) is 2.87. The maximum atomic E-state index is 9.41. The maximum absolute atomic E-state index is 9.41. The van der Waals surface area contributed by atoms with Gasteiger partial charge in [-0.3, -0.25) is 0 Å². The highest BCUT2D eigenvalue weighted by atomic mass is 35.5. The number of halogens is 1. The van der Waals surface area contributed by atoms with Gasteiger partial charge in [0.1, 0.15) is 17.9 Å². The monoisotopic (exact) mass is 344 g/mol.